The average Bonchev–Trinajstić information content (AvgIpc) is 2.64. The van der Waals surface area contributed by atoms with E-state index in [2.05, 4.69) is 0 Å². The molecule has 1 aliphatic heterocycles. The van der Waals surface area contributed by atoms with Crippen molar-refractivity contribution in [2.75, 3.05) is 26.3 Å². The first kappa shape index (κ1) is 18.0. The third-order valence-corrected chi connectivity index (χ3v) is 6.15. The number of benzene rings is 2. The van der Waals surface area contributed by atoms with Crippen LogP contribution in [-0.2, 0) is 27.8 Å². The molecule has 2 aromatic carbocycles. The third-order valence-electron chi connectivity index (χ3n) is 4.23. The van der Waals surface area contributed by atoms with Gasteiger partial charge in [-0.2, -0.15) is 4.31 Å². The minimum atomic E-state index is -3.45. The van der Waals surface area contributed by atoms with E-state index in [1.165, 1.54) is 10.4 Å². The zero-order valence-electron chi connectivity index (χ0n) is 13.9. The summed E-state index contributed by atoms with van der Waals surface area (Å²) in [7, 11) is -3.45. The maximum absolute atomic E-state index is 13.6. The van der Waals surface area contributed by atoms with Crippen LogP contribution in [0.2, 0.25) is 0 Å². The molecular weight excluding hydrogens is 343 g/mol. The molecule has 134 valence electrons. The molecule has 0 unspecified atom stereocenters. The number of hydrogen-bond donors (Lipinski definition) is 1. The summed E-state index contributed by atoms with van der Waals surface area (Å²) in [5.74, 6) is -0.203. The lowest BCUT2D eigenvalue weighted by Crippen LogP contribution is -2.80. The number of nitrogens with two attached hydrogens (primary N) is 1. The van der Waals surface area contributed by atoms with Gasteiger partial charge in [0.05, 0.1) is 18.1 Å². The minimum absolute atomic E-state index is 0.203. The molecule has 7 heteroatoms. The molecule has 25 heavy (non-hydrogen) atoms. The van der Waals surface area contributed by atoms with E-state index >= 15 is 0 Å². The van der Waals surface area contributed by atoms with E-state index in [4.69, 9.17) is 4.74 Å². The van der Waals surface area contributed by atoms with Crippen molar-refractivity contribution in [1.82, 2.24) is 4.31 Å². The quantitative estimate of drug-likeness (QED) is 0.834. The van der Waals surface area contributed by atoms with Crippen molar-refractivity contribution in [2.24, 2.45) is 0 Å². The molecule has 0 amide bonds. The second-order valence-corrected chi connectivity index (χ2v) is 7.89. The van der Waals surface area contributed by atoms with Crippen molar-refractivity contribution < 1.29 is 22.9 Å². The zero-order valence-corrected chi connectivity index (χ0v) is 14.7. The molecule has 1 fully saturated rings. The third kappa shape index (κ3) is 4.43. The van der Waals surface area contributed by atoms with E-state index in [1.807, 2.05) is 23.5 Å². The summed E-state index contributed by atoms with van der Waals surface area (Å²) in [4.78, 5) is 0.298. The van der Waals surface area contributed by atoms with Gasteiger partial charge in [0.15, 0.2) is 0 Å². The Morgan fingerprint density at radius 2 is 1.68 bits per heavy atom. The molecule has 3 rings (SSSR count). The fourth-order valence-electron chi connectivity index (χ4n) is 2.79. The number of quaternary nitrogens is 1. The lowest BCUT2D eigenvalue weighted by Gasteiger charge is -2.26. The summed E-state index contributed by atoms with van der Waals surface area (Å²) in [6, 6.07) is 13.6. The van der Waals surface area contributed by atoms with Gasteiger partial charge in [0, 0.05) is 24.2 Å². The van der Waals surface area contributed by atoms with Gasteiger partial charge in [-0.1, -0.05) is 30.3 Å². The van der Waals surface area contributed by atoms with Crippen LogP contribution in [0.5, 0.6) is 0 Å². The summed E-state index contributed by atoms with van der Waals surface area (Å²) in [5.41, 5.74) is 1.66. The van der Waals surface area contributed by atoms with Crippen LogP contribution in [0.15, 0.2) is 53.4 Å². The number of sulfonamides is 1. The Kier molecular flexibility index (Phi) is 5.80. The number of ether oxygens (including phenoxy) is 1. The van der Waals surface area contributed by atoms with Crippen molar-refractivity contribution in [3.8, 4) is 0 Å². The number of halogens is 1. The van der Waals surface area contributed by atoms with Crippen LogP contribution in [0.3, 0.4) is 0 Å². The second-order valence-electron chi connectivity index (χ2n) is 5.95. The number of hydrogen-bond acceptors (Lipinski definition) is 3. The van der Waals surface area contributed by atoms with Gasteiger partial charge < -0.3 is 10.1 Å². The Morgan fingerprint density at radius 1 is 1.00 bits per heavy atom. The molecule has 0 atom stereocenters. The molecule has 0 aromatic heterocycles. The zero-order chi connectivity index (χ0) is 17.7. The normalized spacial score (nSPS) is 16.0. The highest BCUT2D eigenvalue weighted by atomic mass is 32.2. The van der Waals surface area contributed by atoms with Gasteiger partial charge in [0.2, 0.25) is 10.0 Å². The lowest BCUT2D eigenvalue weighted by atomic mass is 10.2. The summed E-state index contributed by atoms with van der Waals surface area (Å²) >= 11 is 0. The molecule has 0 saturated carbocycles. The summed E-state index contributed by atoms with van der Waals surface area (Å²) < 4.78 is 45.3. The van der Waals surface area contributed by atoms with Crippen molar-refractivity contribution in [3.63, 3.8) is 0 Å². The van der Waals surface area contributed by atoms with Gasteiger partial charge in [-0.05, 0) is 18.2 Å². The van der Waals surface area contributed by atoms with E-state index in [0.717, 1.165) is 5.56 Å². The number of rotatable bonds is 6. The Balaban J connectivity index is 1.59. The van der Waals surface area contributed by atoms with Crippen LogP contribution >= 0.6 is 0 Å². The van der Waals surface area contributed by atoms with E-state index in [-0.39, 0.29) is 5.82 Å². The molecule has 5 nitrogen and oxygen atoms in total. The first-order chi connectivity index (χ1) is 12.1. The summed E-state index contributed by atoms with van der Waals surface area (Å²) in [6.45, 7) is 2.85. The molecule has 0 spiro atoms. The van der Waals surface area contributed by atoms with Crippen LogP contribution in [0.1, 0.15) is 11.1 Å². The van der Waals surface area contributed by atoms with E-state index < -0.39 is 10.0 Å². The molecule has 2 aromatic rings. The number of nitrogens with zero attached hydrogens (tertiary/aromatic N) is 1. The van der Waals surface area contributed by atoms with E-state index in [1.54, 1.807) is 24.3 Å². The van der Waals surface area contributed by atoms with Gasteiger partial charge in [-0.25, -0.2) is 12.8 Å². The molecule has 0 radical (unpaired) electrons. The fraction of sp³-hybridized carbons (Fsp3) is 0.333. The van der Waals surface area contributed by atoms with Crippen molar-refractivity contribution in [2.45, 2.75) is 18.0 Å². The predicted octanol–water partition coefficient (Wildman–Crippen LogP) is 1.11. The maximum Gasteiger partial charge on any atom is 0.243 e. The van der Waals surface area contributed by atoms with Crippen LogP contribution < -0.4 is 5.32 Å². The highest BCUT2D eigenvalue weighted by Crippen LogP contribution is 2.17. The standard InChI is InChI=1S/C18H21FN2O3S/c19-18-4-2-1-3-16(18)14-20-13-15-5-7-17(8-6-15)25(22,23)21-9-11-24-12-10-21/h1-8,20H,9-14H2/p+1. The topological polar surface area (TPSA) is 63.2 Å². The molecular formula is C18H22FN2O3S+. The van der Waals surface area contributed by atoms with Gasteiger partial charge in [-0.3, -0.25) is 0 Å². The monoisotopic (exact) mass is 365 g/mol. The largest absolute Gasteiger partial charge is 0.379 e. The van der Waals surface area contributed by atoms with Crippen LogP contribution in [0.25, 0.3) is 0 Å². The molecule has 1 heterocycles. The SMILES string of the molecule is O=S(=O)(c1ccc(C[NH2+]Cc2ccccc2F)cc1)N1CCOCC1. The Hall–Kier alpha value is -1.80. The smallest absolute Gasteiger partial charge is 0.243 e. The van der Waals surface area contributed by atoms with Gasteiger partial charge >= 0.3 is 0 Å². The summed E-state index contributed by atoms with van der Waals surface area (Å²) in [6.07, 6.45) is 0. The van der Waals surface area contributed by atoms with Crippen molar-refractivity contribution in [1.29, 1.82) is 0 Å². The Morgan fingerprint density at radius 3 is 2.36 bits per heavy atom. The fourth-order valence-corrected chi connectivity index (χ4v) is 4.20. The number of morpholine rings is 1. The Labute approximate surface area is 147 Å². The minimum Gasteiger partial charge on any atom is -0.379 e. The first-order valence-electron chi connectivity index (χ1n) is 8.29. The van der Waals surface area contributed by atoms with Crippen LogP contribution in [-0.4, -0.2) is 39.0 Å². The summed E-state index contributed by atoms with van der Waals surface area (Å²) in [5, 5.41) is 1.99. The second kappa shape index (κ2) is 8.05. The average molecular weight is 365 g/mol. The highest BCUT2D eigenvalue weighted by Gasteiger charge is 2.26. The molecule has 1 saturated heterocycles. The molecule has 0 bridgehead atoms. The van der Waals surface area contributed by atoms with Gasteiger partial charge in [-0.15, -0.1) is 0 Å². The lowest BCUT2D eigenvalue weighted by molar-refractivity contribution is -0.686. The first-order valence-corrected chi connectivity index (χ1v) is 9.73. The Bertz CT molecular complexity index is 803. The predicted molar refractivity (Wildman–Crippen MR) is 91.8 cm³/mol. The maximum atomic E-state index is 13.6. The molecule has 1 aliphatic rings. The van der Waals surface area contributed by atoms with Crippen molar-refractivity contribution in [3.05, 3.63) is 65.5 Å². The van der Waals surface area contributed by atoms with Crippen LogP contribution in [0.4, 0.5) is 4.39 Å². The van der Waals surface area contributed by atoms with Gasteiger partial charge in [0.25, 0.3) is 0 Å². The van der Waals surface area contributed by atoms with E-state index in [9.17, 15) is 12.8 Å². The van der Waals surface area contributed by atoms with Gasteiger partial charge in [0.1, 0.15) is 18.9 Å². The van der Waals surface area contributed by atoms with E-state index in [0.29, 0.717) is 49.9 Å². The van der Waals surface area contributed by atoms with Crippen molar-refractivity contribution >= 4 is 10.0 Å². The molecule has 0 aliphatic carbocycles. The highest BCUT2D eigenvalue weighted by molar-refractivity contribution is 7.89. The van der Waals surface area contributed by atoms with Crippen LogP contribution in [0, 0.1) is 5.82 Å². The molecule has 2 N–H and O–H groups in total.